The molecule has 2 aromatic heterocycles. The Bertz CT molecular complexity index is 1500. The molecule has 8 heteroatoms. The van der Waals surface area contributed by atoms with Crippen LogP contribution in [-0.4, -0.2) is 62.3 Å². The summed E-state index contributed by atoms with van der Waals surface area (Å²) in [7, 11) is 0. The summed E-state index contributed by atoms with van der Waals surface area (Å²) >= 11 is 0. The van der Waals surface area contributed by atoms with Crippen LogP contribution in [0.25, 0.3) is 11.1 Å². The molecule has 0 atom stereocenters. The number of aryl methyl sites for hydroxylation is 1. The van der Waals surface area contributed by atoms with Crippen LogP contribution >= 0.6 is 0 Å². The molecule has 0 bridgehead atoms. The molecule has 8 nitrogen and oxygen atoms in total. The molecule has 5 rings (SSSR count). The molecule has 2 amide bonds. The standard InChI is InChI=1S/C35H42N6O2/c1-27(2)35-37-16-20-39(35)19-14-34(43)40-22-21-38(25-29-9-5-4-6-10-29)17-8-18-41(28(3)42)33-13-12-30(23-32(33)26-40)31-11-7-15-36-24-31/h4-7,9-13,15-16,20,23-24,27H,8,14,17-19,21-22,25-26H2,1-3H3. The zero-order valence-electron chi connectivity index (χ0n) is 25.5. The number of rotatable bonds is 7. The Kier molecular flexibility index (Phi) is 10.00. The van der Waals surface area contributed by atoms with Gasteiger partial charge in [0.25, 0.3) is 0 Å². The highest BCUT2D eigenvalue weighted by molar-refractivity contribution is 5.93. The molecule has 0 spiro atoms. The molecule has 224 valence electrons. The van der Waals surface area contributed by atoms with Crippen LogP contribution in [0.1, 0.15) is 56.5 Å². The van der Waals surface area contributed by atoms with Gasteiger partial charge in [0.05, 0.1) is 0 Å². The molecule has 1 aliphatic rings. The first kappa shape index (κ1) is 30.2. The number of hydrogen-bond acceptors (Lipinski definition) is 5. The quantitative estimate of drug-likeness (QED) is 0.279. The van der Waals surface area contributed by atoms with Crippen molar-refractivity contribution in [3.8, 4) is 11.1 Å². The monoisotopic (exact) mass is 578 g/mol. The SMILES string of the molecule is CC(=O)N1CCCN(Cc2ccccc2)CCN(C(=O)CCn2ccnc2C(C)C)Cc2cc(-c3cccnc3)ccc21. The van der Waals surface area contributed by atoms with E-state index in [0.29, 0.717) is 32.6 Å². The van der Waals surface area contributed by atoms with E-state index in [1.165, 1.54) is 5.56 Å². The third kappa shape index (κ3) is 7.76. The van der Waals surface area contributed by atoms with Crippen molar-refractivity contribution in [3.63, 3.8) is 0 Å². The summed E-state index contributed by atoms with van der Waals surface area (Å²) in [5.74, 6) is 1.37. The lowest BCUT2D eigenvalue weighted by molar-refractivity contribution is -0.132. The fraction of sp³-hybridized carbons (Fsp3) is 0.371. The van der Waals surface area contributed by atoms with E-state index < -0.39 is 0 Å². The molecule has 0 saturated heterocycles. The minimum Gasteiger partial charge on any atom is -0.337 e. The first-order valence-electron chi connectivity index (χ1n) is 15.3. The topological polar surface area (TPSA) is 74.6 Å². The van der Waals surface area contributed by atoms with Crippen molar-refractivity contribution in [1.82, 2.24) is 24.3 Å². The second kappa shape index (κ2) is 14.2. The molecule has 43 heavy (non-hydrogen) atoms. The van der Waals surface area contributed by atoms with Crippen molar-refractivity contribution in [3.05, 3.63) is 102 Å². The molecule has 4 aromatic rings. The summed E-state index contributed by atoms with van der Waals surface area (Å²) in [4.78, 5) is 42.0. The van der Waals surface area contributed by atoms with Crippen LogP contribution in [0.5, 0.6) is 0 Å². The Hall–Kier alpha value is -4.30. The van der Waals surface area contributed by atoms with E-state index in [2.05, 4.69) is 63.6 Å². The van der Waals surface area contributed by atoms with Crippen molar-refractivity contribution in [2.45, 2.75) is 59.2 Å². The lowest BCUT2D eigenvalue weighted by atomic mass is 10.0. The normalized spacial score (nSPS) is 14.8. The third-order valence-electron chi connectivity index (χ3n) is 8.08. The second-order valence-electron chi connectivity index (χ2n) is 11.6. The largest absolute Gasteiger partial charge is 0.337 e. The average Bonchev–Trinajstić information content (AvgIpc) is 3.49. The minimum absolute atomic E-state index is 0.00318. The van der Waals surface area contributed by atoms with Crippen LogP contribution in [0.15, 0.2) is 85.5 Å². The molecule has 3 heterocycles. The zero-order chi connectivity index (χ0) is 30.2. The number of imidazole rings is 1. The summed E-state index contributed by atoms with van der Waals surface area (Å²) in [6, 6.07) is 20.6. The molecule has 0 unspecified atom stereocenters. The van der Waals surface area contributed by atoms with Crippen molar-refractivity contribution in [2.24, 2.45) is 0 Å². The first-order valence-corrected chi connectivity index (χ1v) is 15.3. The number of fused-ring (bicyclic) bond motifs is 1. The summed E-state index contributed by atoms with van der Waals surface area (Å²) in [6.07, 6.45) is 8.58. The van der Waals surface area contributed by atoms with Gasteiger partial charge in [0.15, 0.2) is 0 Å². The Morgan fingerprint density at radius 3 is 2.49 bits per heavy atom. The summed E-state index contributed by atoms with van der Waals surface area (Å²) in [6.45, 7) is 10.5. The van der Waals surface area contributed by atoms with E-state index >= 15 is 0 Å². The molecule has 0 fully saturated rings. The molecule has 0 saturated carbocycles. The van der Waals surface area contributed by atoms with Crippen LogP contribution in [0, 0.1) is 0 Å². The lowest BCUT2D eigenvalue weighted by Gasteiger charge is -2.28. The zero-order valence-corrected chi connectivity index (χ0v) is 25.5. The number of aromatic nitrogens is 3. The fourth-order valence-corrected chi connectivity index (χ4v) is 5.84. The maximum Gasteiger partial charge on any atom is 0.224 e. The molecule has 0 aliphatic carbocycles. The van der Waals surface area contributed by atoms with Gasteiger partial charge >= 0.3 is 0 Å². The van der Waals surface area contributed by atoms with Crippen LogP contribution in [0.3, 0.4) is 0 Å². The molecule has 1 aliphatic heterocycles. The number of pyridine rings is 1. The van der Waals surface area contributed by atoms with Gasteiger partial charge in [-0.05, 0) is 46.9 Å². The van der Waals surface area contributed by atoms with Gasteiger partial charge in [-0.3, -0.25) is 19.5 Å². The number of benzene rings is 2. The molecular formula is C35H42N6O2. The van der Waals surface area contributed by atoms with E-state index in [1.54, 1.807) is 19.3 Å². The summed E-state index contributed by atoms with van der Waals surface area (Å²) in [5, 5.41) is 0. The number of nitrogens with zero attached hydrogens (tertiary/aromatic N) is 6. The van der Waals surface area contributed by atoms with E-state index in [1.807, 2.05) is 52.5 Å². The third-order valence-corrected chi connectivity index (χ3v) is 8.08. The maximum absolute atomic E-state index is 14.0. The number of carbonyl (C=O) groups excluding carboxylic acids is 2. The fourth-order valence-electron chi connectivity index (χ4n) is 5.84. The van der Waals surface area contributed by atoms with E-state index in [-0.39, 0.29) is 17.7 Å². The van der Waals surface area contributed by atoms with Crippen LogP contribution in [0.4, 0.5) is 5.69 Å². The molecule has 2 aromatic carbocycles. The van der Waals surface area contributed by atoms with Gasteiger partial charge in [-0.1, -0.05) is 56.3 Å². The van der Waals surface area contributed by atoms with Gasteiger partial charge in [-0.2, -0.15) is 0 Å². The van der Waals surface area contributed by atoms with Crippen molar-refractivity contribution in [1.29, 1.82) is 0 Å². The smallest absolute Gasteiger partial charge is 0.224 e. The predicted octanol–water partition coefficient (Wildman–Crippen LogP) is 5.75. The van der Waals surface area contributed by atoms with E-state index in [0.717, 1.165) is 54.3 Å². The number of amides is 2. The van der Waals surface area contributed by atoms with Crippen LogP contribution in [0.2, 0.25) is 0 Å². The van der Waals surface area contributed by atoms with Gasteiger partial charge in [-0.15, -0.1) is 0 Å². The number of hydrogen-bond donors (Lipinski definition) is 0. The number of anilines is 1. The van der Waals surface area contributed by atoms with Crippen molar-refractivity contribution in [2.75, 3.05) is 31.1 Å². The summed E-state index contributed by atoms with van der Waals surface area (Å²) < 4.78 is 2.09. The predicted molar refractivity (Wildman–Crippen MR) is 170 cm³/mol. The highest BCUT2D eigenvalue weighted by Crippen LogP contribution is 2.30. The first-order chi connectivity index (χ1) is 20.9. The Morgan fingerprint density at radius 1 is 0.907 bits per heavy atom. The van der Waals surface area contributed by atoms with E-state index in [9.17, 15) is 9.59 Å². The average molecular weight is 579 g/mol. The van der Waals surface area contributed by atoms with Crippen molar-refractivity contribution < 1.29 is 9.59 Å². The highest BCUT2D eigenvalue weighted by atomic mass is 16.2. The second-order valence-corrected chi connectivity index (χ2v) is 11.6. The molecular weight excluding hydrogens is 536 g/mol. The summed E-state index contributed by atoms with van der Waals surface area (Å²) in [5.41, 5.74) is 5.09. The van der Waals surface area contributed by atoms with Gasteiger partial charge in [-0.25, -0.2) is 4.98 Å². The highest BCUT2D eigenvalue weighted by Gasteiger charge is 2.23. The Balaban J connectivity index is 1.47. The van der Waals surface area contributed by atoms with Crippen LogP contribution < -0.4 is 4.90 Å². The molecule has 0 N–H and O–H groups in total. The van der Waals surface area contributed by atoms with Crippen molar-refractivity contribution >= 4 is 17.5 Å². The van der Waals surface area contributed by atoms with Gasteiger partial charge in [0, 0.05) is 95.6 Å². The number of carbonyl (C=O) groups is 2. The molecule has 0 radical (unpaired) electrons. The Morgan fingerprint density at radius 2 is 1.74 bits per heavy atom. The van der Waals surface area contributed by atoms with Gasteiger partial charge in [0.1, 0.15) is 5.82 Å². The van der Waals surface area contributed by atoms with E-state index in [4.69, 9.17) is 0 Å². The van der Waals surface area contributed by atoms with Crippen LogP contribution in [-0.2, 0) is 29.2 Å². The lowest BCUT2D eigenvalue weighted by Crippen LogP contribution is -2.38. The van der Waals surface area contributed by atoms with Gasteiger partial charge in [0.2, 0.25) is 11.8 Å². The maximum atomic E-state index is 14.0. The minimum atomic E-state index is 0.00318. The Labute approximate surface area is 255 Å². The van der Waals surface area contributed by atoms with Gasteiger partial charge < -0.3 is 14.4 Å².